The number of nitrogens with zero attached hydrogens (tertiary/aromatic N) is 3. The molecule has 1 atom stereocenters. The van der Waals surface area contributed by atoms with Gasteiger partial charge in [0, 0.05) is 11.4 Å². The Bertz CT molecular complexity index is 795. The molecule has 1 aliphatic rings. The van der Waals surface area contributed by atoms with E-state index in [1.807, 2.05) is 12.3 Å². The van der Waals surface area contributed by atoms with Crippen molar-refractivity contribution in [2.45, 2.75) is 23.8 Å². The first-order valence-electron chi connectivity index (χ1n) is 7.31. The molecule has 0 spiro atoms. The third-order valence-electron chi connectivity index (χ3n) is 4.01. The molecule has 1 aromatic heterocycles. The fourth-order valence-electron chi connectivity index (χ4n) is 2.87. The summed E-state index contributed by atoms with van der Waals surface area (Å²) >= 11 is 7.79. The van der Waals surface area contributed by atoms with Crippen LogP contribution in [0.3, 0.4) is 0 Å². The average molecular weight is 367 g/mol. The second-order valence-corrected chi connectivity index (χ2v) is 6.65. The van der Waals surface area contributed by atoms with Crippen molar-refractivity contribution in [3.63, 3.8) is 0 Å². The van der Waals surface area contributed by atoms with Crippen molar-refractivity contribution < 1.29 is 14.7 Å². The van der Waals surface area contributed by atoms with Gasteiger partial charge in [-0.05, 0) is 37.3 Å². The minimum absolute atomic E-state index is 0.150. The van der Waals surface area contributed by atoms with E-state index in [0.717, 1.165) is 11.3 Å². The van der Waals surface area contributed by atoms with Gasteiger partial charge in [-0.3, -0.25) is 4.79 Å². The van der Waals surface area contributed by atoms with Crippen molar-refractivity contribution in [3.05, 3.63) is 40.2 Å². The van der Waals surface area contributed by atoms with Crippen molar-refractivity contribution in [2.24, 2.45) is 0 Å². The van der Waals surface area contributed by atoms with Gasteiger partial charge in [0.15, 0.2) is 5.69 Å². The highest BCUT2D eigenvalue weighted by molar-refractivity contribution is 7.98. The number of likely N-dealkylation sites (tertiary alicyclic amines) is 1. The van der Waals surface area contributed by atoms with Gasteiger partial charge in [-0.2, -0.15) is 10.3 Å². The molecule has 1 unspecified atom stereocenters. The highest BCUT2D eigenvalue weighted by Gasteiger charge is 2.36. The smallest absolute Gasteiger partial charge is 0.358 e. The maximum absolute atomic E-state index is 12.9. The molecule has 126 valence electrons. The van der Waals surface area contributed by atoms with Crippen LogP contribution in [0.25, 0.3) is 0 Å². The zero-order chi connectivity index (χ0) is 17.3. The van der Waals surface area contributed by atoms with Gasteiger partial charge in [0.25, 0.3) is 5.91 Å². The molecule has 0 saturated carbocycles. The standard InChI is InChI=1S/C15H15ClN4O3S/c1-24-8-4-5-9(10(16)7-8)14(21)20-6-2-3-11(20)12-13(15(22)23)18-19-17-12/h4-5,7,11H,2-3,6H2,1H3,(H,22,23)(H,17,18,19). The van der Waals surface area contributed by atoms with Gasteiger partial charge in [-0.25, -0.2) is 4.79 Å². The van der Waals surface area contributed by atoms with Crippen molar-refractivity contribution >= 4 is 35.2 Å². The first kappa shape index (κ1) is 16.8. The largest absolute Gasteiger partial charge is 0.476 e. The number of aromatic carboxylic acids is 1. The summed E-state index contributed by atoms with van der Waals surface area (Å²) in [6, 6.07) is 4.88. The molecule has 3 rings (SSSR count). The topological polar surface area (TPSA) is 99.2 Å². The van der Waals surface area contributed by atoms with E-state index in [2.05, 4.69) is 15.4 Å². The predicted octanol–water partition coefficient (Wildman–Crippen LogP) is 2.86. The van der Waals surface area contributed by atoms with Gasteiger partial charge < -0.3 is 10.0 Å². The summed E-state index contributed by atoms with van der Waals surface area (Å²) in [5, 5.41) is 19.5. The molecule has 0 bridgehead atoms. The van der Waals surface area contributed by atoms with Crippen LogP contribution in [0.4, 0.5) is 0 Å². The number of carbonyl (C=O) groups excluding carboxylic acids is 1. The van der Waals surface area contributed by atoms with Gasteiger partial charge in [0.1, 0.15) is 5.69 Å². The summed E-state index contributed by atoms with van der Waals surface area (Å²) in [6.07, 6.45) is 3.34. The molecule has 9 heteroatoms. The average Bonchev–Trinajstić information content (AvgIpc) is 3.22. The van der Waals surface area contributed by atoms with Gasteiger partial charge in [0.05, 0.1) is 16.6 Å². The molecule has 2 aromatic rings. The fraction of sp³-hybridized carbons (Fsp3) is 0.333. The van der Waals surface area contributed by atoms with Crippen LogP contribution in [-0.2, 0) is 0 Å². The van der Waals surface area contributed by atoms with Gasteiger partial charge in [0.2, 0.25) is 0 Å². The lowest BCUT2D eigenvalue weighted by molar-refractivity contribution is 0.0671. The molecule has 7 nitrogen and oxygen atoms in total. The molecular weight excluding hydrogens is 352 g/mol. The number of carboxylic acids is 1. The Morgan fingerprint density at radius 2 is 2.21 bits per heavy atom. The maximum Gasteiger partial charge on any atom is 0.358 e. The number of hydrogen-bond donors (Lipinski definition) is 2. The van der Waals surface area contributed by atoms with E-state index in [1.165, 1.54) is 0 Å². The number of benzene rings is 1. The number of aromatic amines is 1. The third-order valence-corrected chi connectivity index (χ3v) is 5.05. The van der Waals surface area contributed by atoms with Crippen molar-refractivity contribution in [1.82, 2.24) is 20.3 Å². The number of hydrogen-bond acceptors (Lipinski definition) is 5. The first-order valence-corrected chi connectivity index (χ1v) is 8.91. The Hall–Kier alpha value is -2.06. The van der Waals surface area contributed by atoms with Gasteiger partial charge >= 0.3 is 5.97 Å². The van der Waals surface area contributed by atoms with E-state index in [4.69, 9.17) is 11.6 Å². The van der Waals surface area contributed by atoms with E-state index in [0.29, 0.717) is 23.6 Å². The van der Waals surface area contributed by atoms with Crippen LogP contribution >= 0.6 is 23.4 Å². The number of aromatic nitrogens is 3. The number of carboxylic acid groups (broad SMARTS) is 1. The summed E-state index contributed by atoms with van der Waals surface area (Å²) in [7, 11) is 0. The number of carbonyl (C=O) groups is 2. The molecule has 2 heterocycles. The van der Waals surface area contributed by atoms with Gasteiger partial charge in [-0.1, -0.05) is 11.6 Å². The molecule has 24 heavy (non-hydrogen) atoms. The van der Waals surface area contributed by atoms with Crippen LogP contribution in [0.2, 0.25) is 5.02 Å². The second-order valence-electron chi connectivity index (χ2n) is 5.36. The summed E-state index contributed by atoms with van der Waals surface area (Å²) in [5.74, 6) is -1.39. The molecule has 1 aromatic carbocycles. The van der Waals surface area contributed by atoms with Crippen molar-refractivity contribution in [1.29, 1.82) is 0 Å². The Kier molecular flexibility index (Phi) is 4.77. The number of rotatable bonds is 4. The highest BCUT2D eigenvalue weighted by atomic mass is 35.5. The monoisotopic (exact) mass is 366 g/mol. The van der Waals surface area contributed by atoms with E-state index in [1.54, 1.807) is 28.8 Å². The van der Waals surface area contributed by atoms with Crippen LogP contribution in [0.1, 0.15) is 45.4 Å². The normalized spacial score (nSPS) is 17.2. The summed E-state index contributed by atoms with van der Waals surface area (Å²) in [4.78, 5) is 26.7. The zero-order valence-corrected chi connectivity index (χ0v) is 14.4. The number of thioether (sulfide) groups is 1. The van der Waals surface area contributed by atoms with E-state index >= 15 is 0 Å². The van der Waals surface area contributed by atoms with Crippen LogP contribution in [0.15, 0.2) is 23.1 Å². The Morgan fingerprint density at radius 1 is 1.42 bits per heavy atom. The Labute approximate surface area is 147 Å². The van der Waals surface area contributed by atoms with E-state index in [-0.39, 0.29) is 17.3 Å². The van der Waals surface area contributed by atoms with Crippen molar-refractivity contribution in [3.8, 4) is 0 Å². The van der Waals surface area contributed by atoms with Crippen LogP contribution < -0.4 is 0 Å². The number of nitrogens with one attached hydrogen (secondary N) is 1. The quantitative estimate of drug-likeness (QED) is 0.807. The van der Waals surface area contributed by atoms with Crippen molar-refractivity contribution in [2.75, 3.05) is 12.8 Å². The third kappa shape index (κ3) is 2.99. The lowest BCUT2D eigenvalue weighted by atomic mass is 10.1. The fourth-order valence-corrected chi connectivity index (χ4v) is 3.64. The second kappa shape index (κ2) is 6.82. The van der Waals surface area contributed by atoms with Crippen LogP contribution in [0, 0.1) is 0 Å². The Morgan fingerprint density at radius 3 is 2.88 bits per heavy atom. The molecule has 1 fully saturated rings. The highest BCUT2D eigenvalue weighted by Crippen LogP contribution is 2.34. The number of H-pyrrole nitrogens is 1. The minimum Gasteiger partial charge on any atom is -0.476 e. The number of halogens is 1. The summed E-state index contributed by atoms with van der Waals surface area (Å²) in [5.41, 5.74) is 0.537. The van der Waals surface area contributed by atoms with E-state index < -0.39 is 12.0 Å². The minimum atomic E-state index is -1.17. The lowest BCUT2D eigenvalue weighted by Gasteiger charge is -2.24. The zero-order valence-electron chi connectivity index (χ0n) is 12.8. The predicted molar refractivity (Wildman–Crippen MR) is 89.6 cm³/mol. The SMILES string of the molecule is CSc1ccc(C(=O)N2CCCC2c2n[nH]nc2C(=O)O)c(Cl)c1. The number of amides is 1. The van der Waals surface area contributed by atoms with Crippen LogP contribution in [-0.4, -0.2) is 50.1 Å². The summed E-state index contributed by atoms with van der Waals surface area (Å²) < 4.78 is 0. The maximum atomic E-state index is 12.9. The molecule has 1 aliphatic heterocycles. The van der Waals surface area contributed by atoms with Gasteiger partial charge in [-0.15, -0.1) is 16.9 Å². The Balaban J connectivity index is 1.92. The molecule has 2 N–H and O–H groups in total. The molecule has 0 radical (unpaired) electrons. The lowest BCUT2D eigenvalue weighted by Crippen LogP contribution is -2.31. The van der Waals surface area contributed by atoms with Crippen LogP contribution in [0.5, 0.6) is 0 Å². The molecule has 0 aliphatic carbocycles. The first-order chi connectivity index (χ1) is 11.5. The van der Waals surface area contributed by atoms with E-state index in [9.17, 15) is 14.7 Å². The summed E-state index contributed by atoms with van der Waals surface area (Å²) in [6.45, 7) is 0.524. The molecule has 1 amide bonds. The molecular formula is C15H15ClN4O3S. The molecule has 1 saturated heterocycles.